The van der Waals surface area contributed by atoms with Crippen molar-refractivity contribution < 1.29 is 4.74 Å². The van der Waals surface area contributed by atoms with Gasteiger partial charge in [0.2, 0.25) is 5.95 Å². The third-order valence-electron chi connectivity index (χ3n) is 5.30. The summed E-state index contributed by atoms with van der Waals surface area (Å²) >= 11 is 0. The Morgan fingerprint density at radius 3 is 2.62 bits per heavy atom. The Kier molecular flexibility index (Phi) is 6.21. The van der Waals surface area contributed by atoms with Crippen LogP contribution < -0.4 is 10.2 Å². The normalized spacial score (nSPS) is 15.2. The molecule has 4 rings (SSSR count). The third kappa shape index (κ3) is 4.65. The van der Waals surface area contributed by atoms with Gasteiger partial charge in [0.05, 0.1) is 11.6 Å². The summed E-state index contributed by atoms with van der Waals surface area (Å²) in [6.45, 7) is 6.35. The fraction of sp³-hybridized carbons (Fsp3) is 0.476. The molecule has 8 nitrogen and oxygen atoms in total. The summed E-state index contributed by atoms with van der Waals surface area (Å²) in [4.78, 5) is 14.4. The first-order valence-electron chi connectivity index (χ1n) is 10.2. The van der Waals surface area contributed by atoms with E-state index in [0.717, 1.165) is 75.1 Å². The molecule has 1 aliphatic heterocycles. The minimum Gasteiger partial charge on any atom is -0.385 e. The van der Waals surface area contributed by atoms with E-state index in [1.165, 1.54) is 5.56 Å². The van der Waals surface area contributed by atoms with Crippen LogP contribution in [0.3, 0.4) is 0 Å². The molecule has 0 bridgehead atoms. The van der Waals surface area contributed by atoms with Gasteiger partial charge in [0.25, 0.3) is 0 Å². The highest BCUT2D eigenvalue weighted by atomic mass is 16.5. The summed E-state index contributed by atoms with van der Waals surface area (Å²) in [6.07, 6.45) is 2.76. The lowest BCUT2D eigenvalue weighted by atomic mass is 10.2. The van der Waals surface area contributed by atoms with Crippen molar-refractivity contribution >= 4 is 22.8 Å². The van der Waals surface area contributed by atoms with Gasteiger partial charge in [0.1, 0.15) is 5.82 Å². The molecule has 0 aliphatic carbocycles. The van der Waals surface area contributed by atoms with E-state index in [0.29, 0.717) is 0 Å². The van der Waals surface area contributed by atoms with Crippen molar-refractivity contribution in [3.63, 3.8) is 0 Å². The molecule has 0 amide bonds. The monoisotopic (exact) mass is 395 g/mol. The van der Waals surface area contributed by atoms with Crippen molar-refractivity contribution in [3.05, 3.63) is 42.1 Å². The topological polar surface area (TPSA) is 71.3 Å². The molecule has 0 atom stereocenters. The maximum absolute atomic E-state index is 5.14. The number of methoxy groups -OCH3 is 1. The first-order chi connectivity index (χ1) is 14.2. The van der Waals surface area contributed by atoms with Gasteiger partial charge in [0, 0.05) is 60.0 Å². The minimum atomic E-state index is 0.727. The number of aromatic nitrogens is 4. The van der Waals surface area contributed by atoms with Gasteiger partial charge in [-0.15, -0.1) is 0 Å². The summed E-state index contributed by atoms with van der Waals surface area (Å²) in [6, 6.07) is 10.6. The van der Waals surface area contributed by atoms with Gasteiger partial charge in [-0.25, -0.2) is 0 Å². The van der Waals surface area contributed by atoms with Crippen molar-refractivity contribution in [2.24, 2.45) is 7.05 Å². The summed E-state index contributed by atoms with van der Waals surface area (Å²) in [5.74, 6) is 1.62. The standard InChI is InChI=1S/C21H29N7O/c1-26-20-18(15-23-26)19(22-9-6-14-29-2)24-21(25-20)28-12-10-27(11-13-28)16-17-7-4-3-5-8-17/h3-5,7-8,15H,6,9-14,16H2,1-2H3,(H,22,24,25). The van der Waals surface area contributed by atoms with Crippen LogP contribution in [-0.2, 0) is 18.3 Å². The molecule has 2 aromatic heterocycles. The minimum absolute atomic E-state index is 0.727. The summed E-state index contributed by atoms with van der Waals surface area (Å²) < 4.78 is 6.95. The van der Waals surface area contributed by atoms with E-state index in [2.05, 4.69) is 50.5 Å². The van der Waals surface area contributed by atoms with Crippen molar-refractivity contribution in [1.29, 1.82) is 0 Å². The van der Waals surface area contributed by atoms with Crippen LogP contribution in [-0.4, -0.2) is 71.1 Å². The van der Waals surface area contributed by atoms with Crippen LogP contribution in [0, 0.1) is 0 Å². The molecule has 3 heterocycles. The van der Waals surface area contributed by atoms with Crippen LogP contribution in [0.15, 0.2) is 36.5 Å². The maximum atomic E-state index is 5.14. The zero-order valence-electron chi connectivity index (χ0n) is 17.2. The van der Waals surface area contributed by atoms with E-state index in [1.54, 1.807) is 7.11 Å². The summed E-state index contributed by atoms with van der Waals surface area (Å²) in [7, 11) is 3.64. The molecule has 1 N–H and O–H groups in total. The Bertz CT molecular complexity index is 919. The van der Waals surface area contributed by atoms with Gasteiger partial charge >= 0.3 is 0 Å². The van der Waals surface area contributed by atoms with Gasteiger partial charge in [-0.05, 0) is 12.0 Å². The number of rotatable bonds is 8. The number of nitrogens with one attached hydrogen (secondary N) is 1. The number of piperazine rings is 1. The second-order valence-electron chi connectivity index (χ2n) is 7.40. The number of nitrogens with zero attached hydrogens (tertiary/aromatic N) is 6. The number of benzene rings is 1. The van der Waals surface area contributed by atoms with Crippen LogP contribution in [0.2, 0.25) is 0 Å². The fourth-order valence-electron chi connectivity index (χ4n) is 3.66. The number of fused-ring (bicyclic) bond motifs is 1. The van der Waals surface area contributed by atoms with E-state index in [1.807, 2.05) is 17.9 Å². The largest absolute Gasteiger partial charge is 0.385 e. The first-order valence-corrected chi connectivity index (χ1v) is 10.2. The molecule has 29 heavy (non-hydrogen) atoms. The Labute approximate surface area is 171 Å². The van der Waals surface area contributed by atoms with Gasteiger partial charge in [-0.2, -0.15) is 15.1 Å². The molecule has 0 saturated carbocycles. The Hall–Kier alpha value is -2.71. The van der Waals surface area contributed by atoms with Gasteiger partial charge in [-0.1, -0.05) is 30.3 Å². The van der Waals surface area contributed by atoms with Crippen molar-refractivity contribution in [3.8, 4) is 0 Å². The predicted octanol–water partition coefficient (Wildman–Crippen LogP) is 2.13. The second-order valence-corrected chi connectivity index (χ2v) is 7.40. The Balaban J connectivity index is 1.45. The zero-order chi connectivity index (χ0) is 20.1. The zero-order valence-corrected chi connectivity index (χ0v) is 17.2. The highest BCUT2D eigenvalue weighted by Crippen LogP contribution is 2.24. The number of hydrogen-bond donors (Lipinski definition) is 1. The van der Waals surface area contributed by atoms with Crippen LogP contribution >= 0.6 is 0 Å². The molecule has 0 radical (unpaired) electrons. The molecule has 1 aromatic carbocycles. The van der Waals surface area contributed by atoms with Crippen LogP contribution in [0.25, 0.3) is 11.0 Å². The Morgan fingerprint density at radius 2 is 1.86 bits per heavy atom. The van der Waals surface area contributed by atoms with Gasteiger partial charge < -0.3 is 15.0 Å². The molecule has 0 unspecified atom stereocenters. The van der Waals surface area contributed by atoms with Gasteiger partial charge in [-0.3, -0.25) is 9.58 Å². The van der Waals surface area contributed by atoms with E-state index < -0.39 is 0 Å². The van der Waals surface area contributed by atoms with Crippen molar-refractivity contribution in [1.82, 2.24) is 24.6 Å². The number of aryl methyl sites for hydroxylation is 1. The van der Waals surface area contributed by atoms with Crippen LogP contribution in [0.1, 0.15) is 12.0 Å². The SMILES string of the molecule is COCCCNc1nc(N2CCN(Cc3ccccc3)CC2)nc2c1cnn2C. The lowest BCUT2D eigenvalue weighted by Gasteiger charge is -2.34. The summed E-state index contributed by atoms with van der Waals surface area (Å²) in [5.41, 5.74) is 2.21. The fourth-order valence-corrected chi connectivity index (χ4v) is 3.66. The highest BCUT2D eigenvalue weighted by molar-refractivity contribution is 5.87. The molecule has 1 aliphatic rings. The van der Waals surface area contributed by atoms with E-state index >= 15 is 0 Å². The molecular formula is C21H29N7O. The number of ether oxygens (including phenoxy) is 1. The molecule has 1 fully saturated rings. The highest BCUT2D eigenvalue weighted by Gasteiger charge is 2.21. The quantitative estimate of drug-likeness (QED) is 0.586. The number of hydrogen-bond acceptors (Lipinski definition) is 7. The predicted molar refractivity (Wildman–Crippen MR) is 115 cm³/mol. The van der Waals surface area contributed by atoms with Gasteiger partial charge in [0.15, 0.2) is 5.65 Å². The van der Waals surface area contributed by atoms with Crippen molar-refractivity contribution in [2.45, 2.75) is 13.0 Å². The number of anilines is 2. The average Bonchev–Trinajstić information content (AvgIpc) is 3.13. The first kappa shape index (κ1) is 19.6. The lowest BCUT2D eigenvalue weighted by Crippen LogP contribution is -2.46. The average molecular weight is 396 g/mol. The molecule has 3 aromatic rings. The summed E-state index contributed by atoms with van der Waals surface area (Å²) in [5, 5.41) is 8.76. The maximum Gasteiger partial charge on any atom is 0.229 e. The van der Waals surface area contributed by atoms with E-state index in [4.69, 9.17) is 14.7 Å². The van der Waals surface area contributed by atoms with E-state index in [9.17, 15) is 0 Å². The van der Waals surface area contributed by atoms with Crippen molar-refractivity contribution in [2.75, 3.05) is 56.7 Å². The molecular weight excluding hydrogens is 366 g/mol. The third-order valence-corrected chi connectivity index (χ3v) is 5.30. The second kappa shape index (κ2) is 9.19. The van der Waals surface area contributed by atoms with E-state index in [-0.39, 0.29) is 0 Å². The lowest BCUT2D eigenvalue weighted by molar-refractivity contribution is 0.198. The van der Waals surface area contributed by atoms with Crippen LogP contribution in [0.4, 0.5) is 11.8 Å². The molecule has 0 spiro atoms. The molecule has 1 saturated heterocycles. The Morgan fingerprint density at radius 1 is 1.07 bits per heavy atom. The molecule has 154 valence electrons. The van der Waals surface area contributed by atoms with Crippen LogP contribution in [0.5, 0.6) is 0 Å². The smallest absolute Gasteiger partial charge is 0.229 e. The molecule has 8 heteroatoms.